The number of hydrogen-bond acceptors (Lipinski definition) is 5. The molecule has 0 fully saturated rings. The van der Waals surface area contributed by atoms with E-state index >= 15 is 0 Å². The average Bonchev–Trinajstić information content (AvgIpc) is 2.97. The first kappa shape index (κ1) is 17.3. The SMILES string of the molecule is C=CCn1c(SC(C)C(=O)OCC)nc2c([nH]c3ccccc32)c1=O. The molecule has 6 nitrogen and oxygen atoms in total. The number of thioether (sulfide) groups is 1. The molecule has 25 heavy (non-hydrogen) atoms. The van der Waals surface area contributed by atoms with E-state index in [1.54, 1.807) is 19.9 Å². The zero-order chi connectivity index (χ0) is 18.0. The fraction of sp³-hybridized carbons (Fsp3) is 0.278. The van der Waals surface area contributed by atoms with Crippen molar-refractivity contribution in [2.75, 3.05) is 6.61 Å². The van der Waals surface area contributed by atoms with E-state index in [1.165, 1.54) is 16.3 Å². The summed E-state index contributed by atoms with van der Waals surface area (Å²) in [5, 5.41) is 0.888. The summed E-state index contributed by atoms with van der Waals surface area (Å²) in [6.45, 7) is 7.84. The average molecular weight is 357 g/mol. The minimum atomic E-state index is -0.467. The van der Waals surface area contributed by atoms with Gasteiger partial charge in [0.05, 0.1) is 6.61 Å². The van der Waals surface area contributed by atoms with E-state index in [9.17, 15) is 9.59 Å². The molecule has 3 rings (SSSR count). The van der Waals surface area contributed by atoms with Crippen LogP contribution >= 0.6 is 11.8 Å². The van der Waals surface area contributed by atoms with Crippen LogP contribution in [0.3, 0.4) is 0 Å². The Bertz CT molecular complexity index is 1010. The number of aromatic nitrogens is 3. The number of hydrogen-bond donors (Lipinski definition) is 1. The Morgan fingerprint density at radius 3 is 2.96 bits per heavy atom. The summed E-state index contributed by atoms with van der Waals surface area (Å²) >= 11 is 1.21. The van der Waals surface area contributed by atoms with Crippen molar-refractivity contribution in [2.24, 2.45) is 0 Å². The number of aromatic amines is 1. The van der Waals surface area contributed by atoms with Crippen molar-refractivity contribution < 1.29 is 9.53 Å². The number of ether oxygens (including phenoxy) is 1. The molecule has 1 atom stereocenters. The normalized spacial score (nSPS) is 12.4. The van der Waals surface area contributed by atoms with E-state index < -0.39 is 5.25 Å². The van der Waals surface area contributed by atoms with Gasteiger partial charge in [-0.2, -0.15) is 0 Å². The van der Waals surface area contributed by atoms with Crippen LogP contribution in [0.25, 0.3) is 21.9 Å². The summed E-state index contributed by atoms with van der Waals surface area (Å²) in [5.74, 6) is -0.328. The fourth-order valence-corrected chi connectivity index (χ4v) is 3.53. The highest BCUT2D eigenvalue weighted by Crippen LogP contribution is 2.27. The molecule has 0 aliphatic rings. The Balaban J connectivity index is 2.16. The van der Waals surface area contributed by atoms with Crippen molar-refractivity contribution in [2.45, 2.75) is 30.8 Å². The summed E-state index contributed by atoms with van der Waals surface area (Å²) in [4.78, 5) is 32.6. The third-order valence-electron chi connectivity index (χ3n) is 3.79. The number of carbonyl (C=O) groups excluding carboxylic acids is 1. The van der Waals surface area contributed by atoms with Gasteiger partial charge in [0.15, 0.2) is 5.16 Å². The van der Waals surface area contributed by atoms with Gasteiger partial charge in [0.2, 0.25) is 0 Å². The van der Waals surface area contributed by atoms with Gasteiger partial charge in [-0.3, -0.25) is 14.2 Å². The third kappa shape index (κ3) is 3.19. The first-order chi connectivity index (χ1) is 12.1. The third-order valence-corrected chi connectivity index (χ3v) is 4.86. The molecule has 0 spiro atoms. The van der Waals surface area contributed by atoms with Crippen molar-refractivity contribution in [1.82, 2.24) is 14.5 Å². The topological polar surface area (TPSA) is 77.0 Å². The van der Waals surface area contributed by atoms with E-state index in [0.29, 0.717) is 29.3 Å². The quantitative estimate of drug-likeness (QED) is 0.317. The van der Waals surface area contributed by atoms with Crippen molar-refractivity contribution >= 4 is 39.7 Å². The van der Waals surface area contributed by atoms with Crippen molar-refractivity contribution in [3.8, 4) is 0 Å². The molecule has 0 bridgehead atoms. The zero-order valence-corrected chi connectivity index (χ0v) is 14.9. The highest BCUT2D eigenvalue weighted by Gasteiger charge is 2.21. The Hall–Kier alpha value is -2.54. The summed E-state index contributed by atoms with van der Waals surface area (Å²) in [6.07, 6.45) is 1.64. The van der Waals surface area contributed by atoms with E-state index in [-0.39, 0.29) is 11.5 Å². The lowest BCUT2D eigenvalue weighted by atomic mass is 10.2. The predicted octanol–water partition coefficient (Wildman–Crippen LogP) is 3.11. The van der Waals surface area contributed by atoms with Crippen LogP contribution in [0.5, 0.6) is 0 Å². The molecule has 2 aromatic heterocycles. The number of allylic oxidation sites excluding steroid dienone is 1. The van der Waals surface area contributed by atoms with Crippen molar-refractivity contribution in [1.29, 1.82) is 0 Å². The van der Waals surface area contributed by atoms with Gasteiger partial charge in [-0.05, 0) is 19.9 Å². The van der Waals surface area contributed by atoms with Gasteiger partial charge in [-0.15, -0.1) is 6.58 Å². The number of benzene rings is 1. The Kier molecular flexibility index (Phi) is 4.94. The molecule has 0 aliphatic carbocycles. The molecule has 1 unspecified atom stereocenters. The molecular formula is C18H19N3O3S. The highest BCUT2D eigenvalue weighted by molar-refractivity contribution is 8.00. The first-order valence-electron chi connectivity index (χ1n) is 8.02. The molecule has 0 aliphatic heterocycles. The van der Waals surface area contributed by atoms with Gasteiger partial charge in [-0.1, -0.05) is 36.0 Å². The second kappa shape index (κ2) is 7.14. The largest absolute Gasteiger partial charge is 0.465 e. The molecule has 3 aromatic rings. The number of para-hydroxylation sites is 1. The maximum Gasteiger partial charge on any atom is 0.319 e. The van der Waals surface area contributed by atoms with Crippen LogP contribution in [-0.4, -0.2) is 32.4 Å². The molecule has 2 heterocycles. The summed E-state index contributed by atoms with van der Waals surface area (Å²) in [5.41, 5.74) is 1.74. The monoisotopic (exact) mass is 357 g/mol. The molecule has 1 aromatic carbocycles. The second-order valence-corrected chi connectivity index (χ2v) is 6.81. The Labute approximate surface area is 148 Å². The van der Waals surface area contributed by atoms with Crippen LogP contribution in [-0.2, 0) is 16.1 Å². The summed E-state index contributed by atoms with van der Waals surface area (Å²) in [7, 11) is 0. The van der Waals surface area contributed by atoms with Gasteiger partial charge in [0.1, 0.15) is 16.3 Å². The molecule has 0 saturated carbocycles. The van der Waals surface area contributed by atoms with Crippen molar-refractivity contribution in [3.63, 3.8) is 0 Å². The van der Waals surface area contributed by atoms with Crippen LogP contribution in [0.15, 0.2) is 46.9 Å². The summed E-state index contributed by atoms with van der Waals surface area (Å²) < 4.78 is 6.57. The maximum atomic E-state index is 12.9. The predicted molar refractivity (Wildman–Crippen MR) is 100 cm³/mol. The number of carbonyl (C=O) groups is 1. The molecular weight excluding hydrogens is 338 g/mol. The van der Waals surface area contributed by atoms with Crippen LogP contribution < -0.4 is 5.56 Å². The Morgan fingerprint density at radius 1 is 1.48 bits per heavy atom. The minimum absolute atomic E-state index is 0.181. The zero-order valence-electron chi connectivity index (χ0n) is 14.1. The van der Waals surface area contributed by atoms with E-state index in [1.807, 2.05) is 24.3 Å². The van der Waals surface area contributed by atoms with E-state index in [0.717, 1.165) is 10.9 Å². The number of fused-ring (bicyclic) bond motifs is 3. The molecule has 0 saturated heterocycles. The van der Waals surface area contributed by atoms with Crippen LogP contribution in [0, 0.1) is 0 Å². The number of rotatable bonds is 6. The first-order valence-corrected chi connectivity index (χ1v) is 8.90. The van der Waals surface area contributed by atoms with E-state index in [2.05, 4.69) is 16.5 Å². The number of H-pyrrole nitrogens is 1. The smallest absolute Gasteiger partial charge is 0.319 e. The standard InChI is InChI=1S/C18H19N3O3S/c1-4-10-21-16(22)15-14(12-8-6-7-9-13(12)19-15)20-18(21)25-11(3)17(23)24-5-2/h4,6-9,11,19H,1,5,10H2,2-3H3. The van der Waals surface area contributed by atoms with Gasteiger partial charge >= 0.3 is 5.97 Å². The lowest BCUT2D eigenvalue weighted by Gasteiger charge is -2.13. The Morgan fingerprint density at radius 2 is 2.24 bits per heavy atom. The summed E-state index contributed by atoms with van der Waals surface area (Å²) in [6, 6.07) is 7.63. The molecule has 7 heteroatoms. The van der Waals surface area contributed by atoms with Gasteiger partial charge in [0, 0.05) is 17.4 Å². The lowest BCUT2D eigenvalue weighted by Crippen LogP contribution is -2.25. The molecule has 0 radical (unpaired) electrons. The number of esters is 1. The number of nitrogens with one attached hydrogen (secondary N) is 1. The van der Waals surface area contributed by atoms with Gasteiger partial charge < -0.3 is 9.72 Å². The lowest BCUT2D eigenvalue weighted by molar-refractivity contribution is -0.142. The highest BCUT2D eigenvalue weighted by atomic mass is 32.2. The molecule has 0 amide bonds. The van der Waals surface area contributed by atoms with E-state index in [4.69, 9.17) is 4.74 Å². The van der Waals surface area contributed by atoms with Crippen LogP contribution in [0.1, 0.15) is 13.8 Å². The number of nitrogens with zero attached hydrogens (tertiary/aromatic N) is 2. The van der Waals surface area contributed by atoms with Crippen LogP contribution in [0.4, 0.5) is 0 Å². The van der Waals surface area contributed by atoms with Gasteiger partial charge in [-0.25, -0.2) is 4.98 Å². The fourth-order valence-electron chi connectivity index (χ4n) is 2.62. The van der Waals surface area contributed by atoms with Gasteiger partial charge in [0.25, 0.3) is 5.56 Å². The van der Waals surface area contributed by atoms with Crippen LogP contribution in [0.2, 0.25) is 0 Å². The maximum absolute atomic E-state index is 12.9. The van der Waals surface area contributed by atoms with Crippen molar-refractivity contribution in [3.05, 3.63) is 47.3 Å². The molecule has 1 N–H and O–H groups in total. The second-order valence-electron chi connectivity index (χ2n) is 5.51. The molecule has 130 valence electrons. The minimum Gasteiger partial charge on any atom is -0.465 e.